The van der Waals surface area contributed by atoms with Gasteiger partial charge in [0.25, 0.3) is 0 Å². The Balaban J connectivity index is 2.26. The third kappa shape index (κ3) is 3.84. The van der Waals surface area contributed by atoms with Crippen molar-refractivity contribution in [2.45, 2.75) is 39.3 Å². The van der Waals surface area contributed by atoms with Crippen LogP contribution < -0.4 is 4.90 Å². The smallest absolute Gasteiger partial charge is 0.185 e. The molecule has 0 saturated carbocycles. The van der Waals surface area contributed by atoms with E-state index in [1.165, 1.54) is 5.56 Å². The molecule has 1 aromatic carbocycles. The van der Waals surface area contributed by atoms with Crippen LogP contribution in [0, 0.1) is 0 Å². The van der Waals surface area contributed by atoms with Gasteiger partial charge in [-0.15, -0.1) is 0 Å². The molecule has 1 N–H and O–H groups in total. The van der Waals surface area contributed by atoms with E-state index in [2.05, 4.69) is 47.7 Å². The van der Waals surface area contributed by atoms with E-state index < -0.39 is 0 Å². The first-order valence-electron chi connectivity index (χ1n) is 6.88. The summed E-state index contributed by atoms with van der Waals surface area (Å²) in [4.78, 5) is 7.83. The lowest BCUT2D eigenvalue weighted by molar-refractivity contribution is 0.282. The molecule has 114 valence electrons. The number of hydrogen-bond acceptors (Lipinski definition) is 4. The molecule has 0 saturated heterocycles. The van der Waals surface area contributed by atoms with Crippen LogP contribution in [0.25, 0.3) is 0 Å². The van der Waals surface area contributed by atoms with Crippen molar-refractivity contribution in [1.82, 2.24) is 4.98 Å². The highest BCUT2D eigenvalue weighted by Gasteiger charge is 2.24. The summed E-state index contributed by atoms with van der Waals surface area (Å²) in [5.74, 6) is 0. The largest absolute Gasteiger partial charge is 0.391 e. The summed E-state index contributed by atoms with van der Waals surface area (Å²) < 4.78 is 1.10. The molecule has 0 amide bonds. The number of aliphatic hydroxyl groups is 1. The molecule has 21 heavy (non-hydrogen) atoms. The quantitative estimate of drug-likeness (QED) is 0.872. The standard InChI is InChI=1S/C16H21BrN2OS/c1-16(2,3)14-13(10-20)21-15(18-14)19(4)9-11-7-5-6-8-12(11)17/h5-8,20H,9-10H2,1-4H3. The number of aromatic nitrogens is 1. The molecular weight excluding hydrogens is 348 g/mol. The molecule has 5 heteroatoms. The van der Waals surface area contributed by atoms with Crippen LogP contribution in [0.4, 0.5) is 5.13 Å². The van der Waals surface area contributed by atoms with Gasteiger partial charge in [-0.1, -0.05) is 66.2 Å². The van der Waals surface area contributed by atoms with Gasteiger partial charge in [-0.2, -0.15) is 0 Å². The minimum Gasteiger partial charge on any atom is -0.391 e. The Hall–Kier alpha value is -0.910. The monoisotopic (exact) mass is 368 g/mol. The summed E-state index contributed by atoms with van der Waals surface area (Å²) in [6.07, 6.45) is 0. The Morgan fingerprint density at radius 1 is 1.29 bits per heavy atom. The Labute approximate surface area is 138 Å². The van der Waals surface area contributed by atoms with Crippen LogP contribution in [0.3, 0.4) is 0 Å². The van der Waals surface area contributed by atoms with Crippen molar-refractivity contribution in [1.29, 1.82) is 0 Å². The molecule has 0 unspecified atom stereocenters. The van der Waals surface area contributed by atoms with Crippen molar-refractivity contribution >= 4 is 32.4 Å². The Bertz CT molecular complexity index is 619. The first kappa shape index (κ1) is 16.5. The molecular formula is C16H21BrN2OS. The minimum absolute atomic E-state index is 0.0488. The lowest BCUT2D eigenvalue weighted by atomic mass is 9.91. The van der Waals surface area contributed by atoms with Crippen molar-refractivity contribution in [2.24, 2.45) is 0 Å². The zero-order valence-corrected chi connectivity index (χ0v) is 15.3. The fourth-order valence-electron chi connectivity index (χ4n) is 2.15. The highest BCUT2D eigenvalue weighted by Crippen LogP contribution is 2.34. The second-order valence-electron chi connectivity index (χ2n) is 6.12. The maximum absolute atomic E-state index is 9.56. The fourth-order valence-corrected chi connectivity index (χ4v) is 3.65. The molecule has 2 rings (SSSR count). The average molecular weight is 369 g/mol. The number of benzene rings is 1. The van der Waals surface area contributed by atoms with Gasteiger partial charge in [0.15, 0.2) is 5.13 Å². The van der Waals surface area contributed by atoms with E-state index in [1.54, 1.807) is 11.3 Å². The number of thiazole rings is 1. The highest BCUT2D eigenvalue weighted by molar-refractivity contribution is 9.10. The molecule has 1 heterocycles. The average Bonchev–Trinajstić information content (AvgIpc) is 2.85. The van der Waals surface area contributed by atoms with E-state index in [-0.39, 0.29) is 12.0 Å². The lowest BCUT2D eigenvalue weighted by Gasteiger charge is -2.18. The molecule has 0 aliphatic carbocycles. The van der Waals surface area contributed by atoms with Crippen LogP contribution in [-0.4, -0.2) is 17.1 Å². The molecule has 1 aromatic heterocycles. The highest BCUT2D eigenvalue weighted by atomic mass is 79.9. The molecule has 3 nitrogen and oxygen atoms in total. The Morgan fingerprint density at radius 3 is 2.48 bits per heavy atom. The maximum atomic E-state index is 9.56. The van der Waals surface area contributed by atoms with Crippen LogP contribution in [0.1, 0.15) is 36.9 Å². The topological polar surface area (TPSA) is 36.4 Å². The van der Waals surface area contributed by atoms with Gasteiger partial charge >= 0.3 is 0 Å². The summed E-state index contributed by atoms with van der Waals surface area (Å²) in [5, 5.41) is 10.5. The van der Waals surface area contributed by atoms with Crippen molar-refractivity contribution in [2.75, 3.05) is 11.9 Å². The second-order valence-corrected chi connectivity index (χ2v) is 8.04. The van der Waals surface area contributed by atoms with E-state index in [9.17, 15) is 5.11 Å². The van der Waals surface area contributed by atoms with E-state index in [1.807, 2.05) is 25.2 Å². The molecule has 0 fully saturated rings. The van der Waals surface area contributed by atoms with Crippen molar-refractivity contribution < 1.29 is 5.11 Å². The Morgan fingerprint density at radius 2 is 1.95 bits per heavy atom. The first-order chi connectivity index (χ1) is 9.82. The molecule has 0 aliphatic heterocycles. The zero-order valence-electron chi connectivity index (χ0n) is 12.9. The Kier molecular flexibility index (Phi) is 5.07. The van der Waals surface area contributed by atoms with Gasteiger partial charge in [-0.05, 0) is 11.6 Å². The van der Waals surface area contributed by atoms with Crippen LogP contribution in [0.2, 0.25) is 0 Å². The van der Waals surface area contributed by atoms with E-state index in [4.69, 9.17) is 4.98 Å². The summed E-state index contributed by atoms with van der Waals surface area (Å²) in [5.41, 5.74) is 2.16. The fraction of sp³-hybridized carbons (Fsp3) is 0.438. The maximum Gasteiger partial charge on any atom is 0.185 e. The predicted molar refractivity (Wildman–Crippen MR) is 93.0 cm³/mol. The van der Waals surface area contributed by atoms with Crippen LogP contribution in [0.5, 0.6) is 0 Å². The van der Waals surface area contributed by atoms with Crippen molar-refractivity contribution in [3.63, 3.8) is 0 Å². The van der Waals surface area contributed by atoms with Gasteiger partial charge in [-0.25, -0.2) is 4.98 Å². The van der Waals surface area contributed by atoms with Crippen molar-refractivity contribution in [3.05, 3.63) is 44.9 Å². The summed E-state index contributed by atoms with van der Waals surface area (Å²) in [7, 11) is 2.03. The zero-order chi connectivity index (χ0) is 15.6. The van der Waals surface area contributed by atoms with E-state index >= 15 is 0 Å². The van der Waals surface area contributed by atoms with E-state index in [0.717, 1.165) is 26.7 Å². The third-order valence-corrected chi connectivity index (χ3v) is 5.16. The molecule has 0 bridgehead atoms. The van der Waals surface area contributed by atoms with Gasteiger partial charge in [0, 0.05) is 23.5 Å². The van der Waals surface area contributed by atoms with Gasteiger partial charge in [0.05, 0.1) is 17.2 Å². The molecule has 0 radical (unpaired) electrons. The third-order valence-electron chi connectivity index (χ3n) is 3.23. The number of aliphatic hydroxyl groups excluding tert-OH is 1. The summed E-state index contributed by atoms with van der Waals surface area (Å²) in [6, 6.07) is 8.20. The summed E-state index contributed by atoms with van der Waals surface area (Å²) in [6.45, 7) is 7.20. The summed E-state index contributed by atoms with van der Waals surface area (Å²) >= 11 is 5.15. The molecule has 2 aromatic rings. The van der Waals surface area contributed by atoms with Gasteiger partial charge in [0.1, 0.15) is 0 Å². The number of hydrogen-bond donors (Lipinski definition) is 1. The number of halogens is 1. The predicted octanol–water partition coefficient (Wildman–Crippen LogP) is 4.33. The van der Waals surface area contributed by atoms with Gasteiger partial charge < -0.3 is 10.0 Å². The molecule has 0 aliphatic rings. The SMILES string of the molecule is CN(Cc1ccccc1Br)c1nc(C(C)(C)C)c(CO)s1. The van der Waals surface area contributed by atoms with Crippen molar-refractivity contribution in [3.8, 4) is 0 Å². The normalized spacial score (nSPS) is 11.7. The lowest BCUT2D eigenvalue weighted by Crippen LogP contribution is -2.18. The van der Waals surface area contributed by atoms with Gasteiger partial charge in [-0.3, -0.25) is 0 Å². The van der Waals surface area contributed by atoms with Crippen LogP contribution in [0.15, 0.2) is 28.7 Å². The first-order valence-corrected chi connectivity index (χ1v) is 8.49. The molecule has 0 spiro atoms. The van der Waals surface area contributed by atoms with E-state index in [0.29, 0.717) is 0 Å². The minimum atomic E-state index is -0.0546. The number of anilines is 1. The van der Waals surface area contributed by atoms with Crippen LogP contribution in [-0.2, 0) is 18.6 Å². The second kappa shape index (κ2) is 6.46. The molecule has 0 atom stereocenters. The van der Waals surface area contributed by atoms with Crippen LogP contribution >= 0.6 is 27.3 Å². The van der Waals surface area contributed by atoms with Gasteiger partial charge in [0.2, 0.25) is 0 Å². The number of nitrogens with zero attached hydrogens (tertiary/aromatic N) is 2. The number of rotatable bonds is 4.